The molecule has 15 heavy (non-hydrogen) atoms. The fourth-order valence-corrected chi connectivity index (χ4v) is 1.59. The van der Waals surface area contributed by atoms with Crippen LogP contribution in [0.4, 0.5) is 5.88 Å². The molecule has 0 atom stereocenters. The van der Waals surface area contributed by atoms with Crippen LogP contribution in [0.2, 0.25) is 0 Å². The maximum absolute atomic E-state index is 10.5. The molecule has 0 spiro atoms. The first-order chi connectivity index (χ1) is 7.35. The van der Waals surface area contributed by atoms with Crippen LogP contribution in [0.15, 0.2) is 16.5 Å². The average Bonchev–Trinajstić information content (AvgIpc) is 2.97. The summed E-state index contributed by atoms with van der Waals surface area (Å²) in [4.78, 5) is 12.5. The lowest BCUT2D eigenvalue weighted by Gasteiger charge is -2.19. The predicted molar refractivity (Wildman–Crippen MR) is 54.7 cm³/mol. The standard InChI is InChI=1S/C11H12N2O2/c12-6-1-7-13(9-2-3-9)11-5-4-10(8-14)15-11/h4-5,8-9H,1-3,7H2. The molecule has 1 aromatic rings. The van der Waals surface area contributed by atoms with Crippen molar-refractivity contribution >= 4 is 12.2 Å². The highest BCUT2D eigenvalue weighted by Crippen LogP contribution is 2.32. The number of rotatable bonds is 5. The van der Waals surface area contributed by atoms with Gasteiger partial charge in [-0.3, -0.25) is 4.79 Å². The Bertz CT molecular complexity index is 388. The Morgan fingerprint density at radius 3 is 2.93 bits per heavy atom. The smallest absolute Gasteiger partial charge is 0.196 e. The molecule has 1 saturated carbocycles. The second kappa shape index (κ2) is 4.18. The van der Waals surface area contributed by atoms with Gasteiger partial charge in [0.15, 0.2) is 17.9 Å². The minimum atomic E-state index is 0.340. The molecule has 1 fully saturated rings. The van der Waals surface area contributed by atoms with Gasteiger partial charge in [-0.15, -0.1) is 0 Å². The molecule has 78 valence electrons. The summed E-state index contributed by atoms with van der Waals surface area (Å²) in [6.45, 7) is 0.674. The molecule has 0 bridgehead atoms. The van der Waals surface area contributed by atoms with Crippen molar-refractivity contribution in [1.82, 2.24) is 0 Å². The van der Waals surface area contributed by atoms with Gasteiger partial charge in [-0.25, -0.2) is 0 Å². The van der Waals surface area contributed by atoms with Crippen molar-refractivity contribution < 1.29 is 9.21 Å². The van der Waals surface area contributed by atoms with Crippen LogP contribution >= 0.6 is 0 Å². The molecular weight excluding hydrogens is 192 g/mol. The lowest BCUT2D eigenvalue weighted by atomic mass is 10.4. The molecule has 2 rings (SSSR count). The highest BCUT2D eigenvalue weighted by atomic mass is 16.4. The third kappa shape index (κ3) is 2.18. The summed E-state index contributed by atoms with van der Waals surface area (Å²) in [6.07, 6.45) is 3.46. The predicted octanol–water partition coefficient (Wildman–Crippen LogP) is 1.97. The zero-order valence-corrected chi connectivity index (χ0v) is 8.35. The number of anilines is 1. The molecule has 1 heterocycles. The number of nitrogens with zero attached hydrogens (tertiary/aromatic N) is 2. The highest BCUT2D eigenvalue weighted by Gasteiger charge is 2.30. The number of aldehydes is 1. The third-order valence-electron chi connectivity index (χ3n) is 2.46. The van der Waals surface area contributed by atoms with Gasteiger partial charge < -0.3 is 9.32 Å². The Balaban J connectivity index is 2.09. The van der Waals surface area contributed by atoms with Gasteiger partial charge >= 0.3 is 0 Å². The molecule has 0 amide bonds. The molecule has 0 N–H and O–H groups in total. The molecule has 4 nitrogen and oxygen atoms in total. The Labute approximate surface area is 88.1 Å². The molecule has 0 saturated heterocycles. The number of hydrogen-bond acceptors (Lipinski definition) is 4. The van der Waals surface area contributed by atoms with E-state index in [9.17, 15) is 4.79 Å². The van der Waals surface area contributed by atoms with E-state index in [0.29, 0.717) is 36.9 Å². The van der Waals surface area contributed by atoms with Crippen molar-refractivity contribution in [3.63, 3.8) is 0 Å². The second-order valence-corrected chi connectivity index (χ2v) is 3.63. The SMILES string of the molecule is N#CCCN(c1ccc(C=O)o1)C1CC1. The van der Waals surface area contributed by atoms with Gasteiger partial charge in [0, 0.05) is 18.7 Å². The highest BCUT2D eigenvalue weighted by molar-refractivity contribution is 5.71. The molecular formula is C11H12N2O2. The zero-order valence-electron chi connectivity index (χ0n) is 8.35. The van der Waals surface area contributed by atoms with Gasteiger partial charge in [0.25, 0.3) is 0 Å². The lowest BCUT2D eigenvalue weighted by Crippen LogP contribution is -2.26. The van der Waals surface area contributed by atoms with E-state index < -0.39 is 0 Å². The van der Waals surface area contributed by atoms with E-state index >= 15 is 0 Å². The number of hydrogen-bond donors (Lipinski definition) is 0. The van der Waals surface area contributed by atoms with Gasteiger partial charge in [-0.05, 0) is 18.9 Å². The number of furan rings is 1. The Morgan fingerprint density at radius 2 is 2.40 bits per heavy atom. The molecule has 0 unspecified atom stereocenters. The monoisotopic (exact) mass is 204 g/mol. The summed E-state index contributed by atoms with van der Waals surface area (Å²) >= 11 is 0. The summed E-state index contributed by atoms with van der Waals surface area (Å²) in [7, 11) is 0. The summed E-state index contributed by atoms with van der Waals surface area (Å²) in [5.74, 6) is 1.04. The number of nitriles is 1. The molecule has 0 radical (unpaired) electrons. The summed E-state index contributed by atoms with van der Waals surface area (Å²) in [5, 5.41) is 8.55. The minimum Gasteiger partial charge on any atom is -0.438 e. The van der Waals surface area contributed by atoms with E-state index in [1.807, 2.05) is 0 Å². The van der Waals surface area contributed by atoms with Crippen LogP contribution in [-0.4, -0.2) is 18.9 Å². The summed E-state index contributed by atoms with van der Waals surface area (Å²) < 4.78 is 5.34. The lowest BCUT2D eigenvalue weighted by molar-refractivity contribution is 0.110. The molecule has 0 aromatic carbocycles. The van der Waals surface area contributed by atoms with Crippen molar-refractivity contribution in [3.8, 4) is 6.07 Å². The second-order valence-electron chi connectivity index (χ2n) is 3.63. The van der Waals surface area contributed by atoms with Crippen molar-refractivity contribution in [1.29, 1.82) is 5.26 Å². The van der Waals surface area contributed by atoms with Crippen LogP contribution in [-0.2, 0) is 0 Å². The van der Waals surface area contributed by atoms with E-state index in [1.165, 1.54) is 0 Å². The number of carbonyl (C=O) groups excluding carboxylic acids is 1. The zero-order chi connectivity index (χ0) is 10.7. The number of carbonyl (C=O) groups is 1. The van der Waals surface area contributed by atoms with Gasteiger partial charge in [-0.2, -0.15) is 5.26 Å². The van der Waals surface area contributed by atoms with Crippen LogP contribution in [0.25, 0.3) is 0 Å². The average molecular weight is 204 g/mol. The van der Waals surface area contributed by atoms with E-state index in [0.717, 1.165) is 12.8 Å². The Kier molecular flexibility index (Phi) is 2.72. The maximum atomic E-state index is 10.5. The first-order valence-electron chi connectivity index (χ1n) is 5.03. The Hall–Kier alpha value is -1.76. The fraction of sp³-hybridized carbons (Fsp3) is 0.455. The van der Waals surface area contributed by atoms with Crippen LogP contribution in [0.5, 0.6) is 0 Å². The van der Waals surface area contributed by atoms with Crippen molar-refractivity contribution in [2.24, 2.45) is 0 Å². The normalized spacial score (nSPS) is 14.6. The topological polar surface area (TPSA) is 57.2 Å². The van der Waals surface area contributed by atoms with Gasteiger partial charge in [0.05, 0.1) is 12.5 Å². The minimum absolute atomic E-state index is 0.340. The van der Waals surface area contributed by atoms with E-state index in [4.69, 9.17) is 9.68 Å². The van der Waals surface area contributed by atoms with Crippen molar-refractivity contribution in [3.05, 3.63) is 17.9 Å². The molecule has 4 heteroatoms. The van der Waals surface area contributed by atoms with Crippen LogP contribution in [0.3, 0.4) is 0 Å². The Morgan fingerprint density at radius 1 is 1.60 bits per heavy atom. The van der Waals surface area contributed by atoms with Crippen LogP contribution < -0.4 is 4.90 Å². The molecule has 1 aliphatic rings. The van der Waals surface area contributed by atoms with Crippen LogP contribution in [0.1, 0.15) is 29.8 Å². The van der Waals surface area contributed by atoms with Gasteiger partial charge in [0.2, 0.25) is 0 Å². The first kappa shape index (κ1) is 9.78. The molecule has 1 aliphatic carbocycles. The van der Waals surface area contributed by atoms with Crippen LogP contribution in [0, 0.1) is 11.3 Å². The van der Waals surface area contributed by atoms with E-state index in [1.54, 1.807) is 12.1 Å². The van der Waals surface area contributed by atoms with E-state index in [2.05, 4.69) is 11.0 Å². The van der Waals surface area contributed by atoms with E-state index in [-0.39, 0.29) is 0 Å². The third-order valence-corrected chi connectivity index (χ3v) is 2.46. The fourth-order valence-electron chi connectivity index (χ4n) is 1.59. The quantitative estimate of drug-likeness (QED) is 0.688. The van der Waals surface area contributed by atoms with Gasteiger partial charge in [0.1, 0.15) is 0 Å². The van der Waals surface area contributed by atoms with Gasteiger partial charge in [-0.1, -0.05) is 0 Å². The molecule has 0 aliphatic heterocycles. The molecule has 1 aromatic heterocycles. The first-order valence-corrected chi connectivity index (χ1v) is 5.03. The largest absolute Gasteiger partial charge is 0.438 e. The summed E-state index contributed by atoms with van der Waals surface area (Å²) in [5.41, 5.74) is 0. The van der Waals surface area contributed by atoms with Crippen molar-refractivity contribution in [2.75, 3.05) is 11.4 Å². The maximum Gasteiger partial charge on any atom is 0.196 e. The van der Waals surface area contributed by atoms with Crippen molar-refractivity contribution in [2.45, 2.75) is 25.3 Å². The summed E-state index contributed by atoms with van der Waals surface area (Å²) in [6, 6.07) is 6.06.